The van der Waals surface area contributed by atoms with E-state index in [9.17, 15) is 0 Å². The van der Waals surface area contributed by atoms with Crippen molar-refractivity contribution in [1.29, 1.82) is 0 Å². The van der Waals surface area contributed by atoms with Crippen LogP contribution in [-0.4, -0.2) is 15.0 Å². The van der Waals surface area contributed by atoms with Gasteiger partial charge in [0, 0.05) is 5.56 Å². The summed E-state index contributed by atoms with van der Waals surface area (Å²) in [5.41, 5.74) is 2.97. The topological polar surface area (TPSA) is 30.7 Å². The standard InChI is InChI=1S/C18H13N3/c1-2-7-15(8-3-1)18-13-21(20-19-18)17-11-10-14-6-4-5-9-16(14)12-17/h1-13H. The molecule has 4 rings (SSSR count). The zero-order valence-electron chi connectivity index (χ0n) is 11.3. The highest BCUT2D eigenvalue weighted by atomic mass is 15.4. The third kappa shape index (κ3) is 2.19. The molecule has 1 aromatic heterocycles. The van der Waals surface area contributed by atoms with Crippen LogP contribution in [0, 0.1) is 0 Å². The van der Waals surface area contributed by atoms with Gasteiger partial charge in [-0.25, -0.2) is 4.68 Å². The number of benzene rings is 3. The number of nitrogens with zero attached hydrogens (tertiary/aromatic N) is 3. The van der Waals surface area contributed by atoms with Crippen LogP contribution in [-0.2, 0) is 0 Å². The maximum Gasteiger partial charge on any atom is 0.113 e. The van der Waals surface area contributed by atoms with Gasteiger partial charge in [0.25, 0.3) is 0 Å². The molecule has 0 aliphatic rings. The van der Waals surface area contributed by atoms with Crippen molar-refractivity contribution in [2.75, 3.05) is 0 Å². The van der Waals surface area contributed by atoms with E-state index < -0.39 is 0 Å². The molecule has 4 aromatic rings. The molecule has 0 unspecified atom stereocenters. The maximum atomic E-state index is 4.26. The molecule has 21 heavy (non-hydrogen) atoms. The lowest BCUT2D eigenvalue weighted by Gasteiger charge is -2.02. The van der Waals surface area contributed by atoms with Crippen molar-refractivity contribution in [2.24, 2.45) is 0 Å². The Labute approximate surface area is 122 Å². The zero-order chi connectivity index (χ0) is 14.1. The molecule has 0 fully saturated rings. The van der Waals surface area contributed by atoms with Crippen molar-refractivity contribution < 1.29 is 0 Å². The minimum absolute atomic E-state index is 0.878. The van der Waals surface area contributed by atoms with Crippen molar-refractivity contribution in [3.8, 4) is 16.9 Å². The second-order valence-corrected chi connectivity index (χ2v) is 4.95. The molecule has 3 heteroatoms. The molecular weight excluding hydrogens is 258 g/mol. The fraction of sp³-hybridized carbons (Fsp3) is 0. The minimum Gasteiger partial charge on any atom is -0.220 e. The molecule has 0 atom stereocenters. The molecule has 0 aliphatic carbocycles. The van der Waals surface area contributed by atoms with Crippen molar-refractivity contribution in [1.82, 2.24) is 15.0 Å². The quantitative estimate of drug-likeness (QED) is 0.550. The van der Waals surface area contributed by atoms with Crippen molar-refractivity contribution in [3.05, 3.63) is 79.0 Å². The van der Waals surface area contributed by atoms with Gasteiger partial charge in [0.05, 0.1) is 11.9 Å². The lowest BCUT2D eigenvalue weighted by Crippen LogP contribution is -1.94. The van der Waals surface area contributed by atoms with Crippen LogP contribution >= 0.6 is 0 Å². The first kappa shape index (κ1) is 11.9. The third-order valence-corrected chi connectivity index (χ3v) is 3.56. The molecule has 0 aliphatic heterocycles. The van der Waals surface area contributed by atoms with Crippen LogP contribution in [0.15, 0.2) is 79.0 Å². The smallest absolute Gasteiger partial charge is 0.113 e. The predicted octanol–water partition coefficient (Wildman–Crippen LogP) is 4.09. The number of fused-ring (bicyclic) bond motifs is 1. The molecule has 0 bridgehead atoms. The minimum atomic E-state index is 0.878. The predicted molar refractivity (Wildman–Crippen MR) is 84.3 cm³/mol. The van der Waals surface area contributed by atoms with Crippen LogP contribution in [0.5, 0.6) is 0 Å². The van der Waals surface area contributed by atoms with E-state index in [1.165, 1.54) is 10.8 Å². The van der Waals surface area contributed by atoms with Gasteiger partial charge in [-0.1, -0.05) is 65.9 Å². The first-order valence-electron chi connectivity index (χ1n) is 6.87. The van der Waals surface area contributed by atoms with Crippen molar-refractivity contribution >= 4 is 10.8 Å². The Balaban J connectivity index is 1.77. The molecule has 0 spiro atoms. The van der Waals surface area contributed by atoms with E-state index in [1.54, 1.807) is 0 Å². The number of aromatic nitrogens is 3. The molecule has 3 nitrogen and oxygen atoms in total. The Kier molecular flexibility index (Phi) is 2.75. The Morgan fingerprint density at radius 2 is 1.48 bits per heavy atom. The van der Waals surface area contributed by atoms with Crippen LogP contribution in [0.1, 0.15) is 0 Å². The largest absolute Gasteiger partial charge is 0.220 e. The van der Waals surface area contributed by atoms with Gasteiger partial charge in [-0.05, 0) is 22.9 Å². The van der Waals surface area contributed by atoms with E-state index in [1.807, 2.05) is 53.3 Å². The summed E-state index contributed by atoms with van der Waals surface area (Å²) >= 11 is 0. The summed E-state index contributed by atoms with van der Waals surface area (Å²) in [6.07, 6.45) is 1.96. The molecule has 0 saturated carbocycles. The number of hydrogen-bond acceptors (Lipinski definition) is 2. The van der Waals surface area contributed by atoms with E-state index in [0.29, 0.717) is 0 Å². The Bertz CT molecular complexity index is 894. The summed E-state index contributed by atoms with van der Waals surface area (Å²) < 4.78 is 1.81. The molecule has 0 saturated heterocycles. The van der Waals surface area contributed by atoms with Crippen LogP contribution in [0.2, 0.25) is 0 Å². The van der Waals surface area contributed by atoms with Crippen LogP contribution in [0.25, 0.3) is 27.7 Å². The molecule has 3 aromatic carbocycles. The Morgan fingerprint density at radius 3 is 2.33 bits per heavy atom. The third-order valence-electron chi connectivity index (χ3n) is 3.56. The summed E-state index contributed by atoms with van der Waals surface area (Å²) in [6, 6.07) is 24.7. The van der Waals surface area contributed by atoms with Gasteiger partial charge >= 0.3 is 0 Å². The van der Waals surface area contributed by atoms with Crippen molar-refractivity contribution in [2.45, 2.75) is 0 Å². The highest BCUT2D eigenvalue weighted by Crippen LogP contribution is 2.20. The fourth-order valence-electron chi connectivity index (χ4n) is 2.45. The summed E-state index contributed by atoms with van der Waals surface area (Å²) in [6.45, 7) is 0. The van der Waals surface area contributed by atoms with Crippen LogP contribution in [0.4, 0.5) is 0 Å². The maximum absolute atomic E-state index is 4.26. The summed E-state index contributed by atoms with van der Waals surface area (Å²) in [5.74, 6) is 0. The molecule has 0 amide bonds. The second kappa shape index (κ2) is 4.87. The normalized spacial score (nSPS) is 10.9. The lowest BCUT2D eigenvalue weighted by atomic mass is 10.1. The Hall–Kier alpha value is -2.94. The molecule has 1 heterocycles. The van der Waals surface area contributed by atoms with Gasteiger partial charge in [-0.15, -0.1) is 5.10 Å². The first-order chi connectivity index (χ1) is 10.4. The summed E-state index contributed by atoms with van der Waals surface area (Å²) in [7, 11) is 0. The molecule has 100 valence electrons. The van der Waals surface area contributed by atoms with Gasteiger partial charge < -0.3 is 0 Å². The van der Waals surface area contributed by atoms with Gasteiger partial charge in [0.15, 0.2) is 0 Å². The molecular formula is C18H13N3. The van der Waals surface area contributed by atoms with Gasteiger partial charge in [-0.2, -0.15) is 0 Å². The average Bonchev–Trinajstić information content (AvgIpc) is 3.05. The highest BCUT2D eigenvalue weighted by molar-refractivity contribution is 5.84. The van der Waals surface area contributed by atoms with E-state index in [-0.39, 0.29) is 0 Å². The van der Waals surface area contributed by atoms with Crippen LogP contribution in [0.3, 0.4) is 0 Å². The van der Waals surface area contributed by atoms with Crippen LogP contribution < -0.4 is 0 Å². The monoisotopic (exact) mass is 271 g/mol. The highest BCUT2D eigenvalue weighted by Gasteiger charge is 2.05. The second-order valence-electron chi connectivity index (χ2n) is 4.95. The van der Waals surface area contributed by atoms with Gasteiger partial charge in [0.2, 0.25) is 0 Å². The fourth-order valence-corrected chi connectivity index (χ4v) is 2.45. The van der Waals surface area contributed by atoms with Crippen molar-refractivity contribution in [3.63, 3.8) is 0 Å². The number of rotatable bonds is 2. The van der Waals surface area contributed by atoms with E-state index >= 15 is 0 Å². The first-order valence-corrected chi connectivity index (χ1v) is 6.87. The SMILES string of the molecule is c1ccc(-c2cn(-c3ccc4ccccc4c3)nn2)cc1. The van der Waals surface area contributed by atoms with E-state index in [0.717, 1.165) is 16.9 Å². The number of hydrogen-bond donors (Lipinski definition) is 0. The average molecular weight is 271 g/mol. The Morgan fingerprint density at radius 1 is 0.714 bits per heavy atom. The van der Waals surface area contributed by atoms with E-state index in [4.69, 9.17) is 0 Å². The van der Waals surface area contributed by atoms with E-state index in [2.05, 4.69) is 40.6 Å². The summed E-state index contributed by atoms with van der Waals surface area (Å²) in [4.78, 5) is 0. The lowest BCUT2D eigenvalue weighted by molar-refractivity contribution is 0.805. The van der Waals surface area contributed by atoms with Gasteiger partial charge in [0.1, 0.15) is 5.69 Å². The summed E-state index contributed by atoms with van der Waals surface area (Å²) in [5, 5.41) is 10.9. The zero-order valence-corrected chi connectivity index (χ0v) is 11.3. The molecule has 0 N–H and O–H groups in total. The molecule has 0 radical (unpaired) electrons. The van der Waals surface area contributed by atoms with Gasteiger partial charge in [-0.3, -0.25) is 0 Å².